The summed E-state index contributed by atoms with van der Waals surface area (Å²) in [4.78, 5) is 2.38. The largest absolute Gasteiger partial charge is 0.395 e. The summed E-state index contributed by atoms with van der Waals surface area (Å²) < 4.78 is 27.0. The lowest BCUT2D eigenvalue weighted by Gasteiger charge is -2.38. The number of nitrogens with zero attached hydrogens (tertiary/aromatic N) is 2. The van der Waals surface area contributed by atoms with E-state index in [1.807, 2.05) is 0 Å². The van der Waals surface area contributed by atoms with Crippen molar-refractivity contribution in [2.24, 2.45) is 0 Å². The molecule has 1 aromatic heterocycles. The number of hydrogen-bond acceptors (Lipinski definition) is 5. The van der Waals surface area contributed by atoms with E-state index in [0.717, 1.165) is 32.2 Å². The maximum absolute atomic E-state index is 12.5. The molecule has 1 aromatic rings. The van der Waals surface area contributed by atoms with E-state index in [4.69, 9.17) is 0 Å². The molecule has 3 rings (SSSR count). The molecule has 0 saturated carbocycles. The Balaban J connectivity index is 1.63. The number of piperidine rings is 1. The van der Waals surface area contributed by atoms with Gasteiger partial charge >= 0.3 is 0 Å². The van der Waals surface area contributed by atoms with Gasteiger partial charge in [0, 0.05) is 25.2 Å². The van der Waals surface area contributed by atoms with Crippen molar-refractivity contribution in [2.45, 2.75) is 42.0 Å². The molecule has 5 nitrogen and oxygen atoms in total. The predicted octanol–water partition coefficient (Wildman–Crippen LogP) is 1.36. The second-order valence-electron chi connectivity index (χ2n) is 5.78. The van der Waals surface area contributed by atoms with Gasteiger partial charge in [-0.3, -0.25) is 4.90 Å². The van der Waals surface area contributed by atoms with Crippen LogP contribution in [-0.4, -0.2) is 61.1 Å². The Morgan fingerprint density at radius 3 is 2.62 bits per heavy atom. The van der Waals surface area contributed by atoms with Crippen LogP contribution in [0.2, 0.25) is 0 Å². The first-order valence-corrected chi connectivity index (χ1v) is 9.85. The summed E-state index contributed by atoms with van der Waals surface area (Å²) in [5.74, 6) is 0. The van der Waals surface area contributed by atoms with Crippen LogP contribution in [0.15, 0.2) is 21.7 Å². The van der Waals surface area contributed by atoms with Crippen molar-refractivity contribution in [1.82, 2.24) is 9.21 Å². The van der Waals surface area contributed by atoms with E-state index in [1.165, 1.54) is 11.3 Å². The van der Waals surface area contributed by atoms with Crippen LogP contribution in [0.1, 0.15) is 25.7 Å². The highest BCUT2D eigenvalue weighted by Gasteiger charge is 2.35. The Morgan fingerprint density at radius 2 is 2.00 bits per heavy atom. The van der Waals surface area contributed by atoms with Crippen molar-refractivity contribution in [2.75, 3.05) is 26.2 Å². The molecule has 0 aromatic carbocycles. The minimum atomic E-state index is -3.30. The zero-order valence-electron chi connectivity index (χ0n) is 12.0. The summed E-state index contributed by atoms with van der Waals surface area (Å²) in [5.41, 5.74) is 0. The minimum absolute atomic E-state index is 0.216. The summed E-state index contributed by atoms with van der Waals surface area (Å²) in [6.07, 6.45) is 3.92. The minimum Gasteiger partial charge on any atom is -0.395 e. The van der Waals surface area contributed by atoms with Crippen LogP contribution in [0.5, 0.6) is 0 Å². The van der Waals surface area contributed by atoms with Crippen molar-refractivity contribution >= 4 is 21.4 Å². The maximum Gasteiger partial charge on any atom is 0.252 e. The van der Waals surface area contributed by atoms with Crippen molar-refractivity contribution in [3.05, 3.63) is 17.5 Å². The second kappa shape index (κ2) is 6.34. The first-order valence-electron chi connectivity index (χ1n) is 7.53. The smallest absolute Gasteiger partial charge is 0.252 e. The third-order valence-corrected chi connectivity index (χ3v) is 7.89. The van der Waals surface area contributed by atoms with E-state index < -0.39 is 10.0 Å². The van der Waals surface area contributed by atoms with Gasteiger partial charge in [0.25, 0.3) is 10.0 Å². The van der Waals surface area contributed by atoms with Gasteiger partial charge in [0.2, 0.25) is 0 Å². The number of sulfonamides is 1. The fourth-order valence-electron chi connectivity index (χ4n) is 3.49. The fourth-order valence-corrected chi connectivity index (χ4v) is 6.10. The standard InChI is InChI=1S/C14H22N2O3S2/c17-11-13-3-1-7-16(13)12-5-8-15(9-6-12)21(18,19)14-4-2-10-20-14/h2,4,10,12-13,17H,1,3,5-9,11H2/t13-/m0/s1. The second-order valence-corrected chi connectivity index (χ2v) is 8.90. The van der Waals surface area contributed by atoms with Crippen molar-refractivity contribution in [3.63, 3.8) is 0 Å². The van der Waals surface area contributed by atoms with E-state index in [1.54, 1.807) is 21.8 Å². The Morgan fingerprint density at radius 1 is 1.24 bits per heavy atom. The van der Waals surface area contributed by atoms with Gasteiger partial charge in [0.15, 0.2) is 0 Å². The molecule has 118 valence electrons. The van der Waals surface area contributed by atoms with Crippen LogP contribution in [0.3, 0.4) is 0 Å². The molecule has 3 heterocycles. The van der Waals surface area contributed by atoms with Crippen molar-refractivity contribution in [1.29, 1.82) is 0 Å². The molecule has 2 saturated heterocycles. The first-order chi connectivity index (χ1) is 10.1. The summed E-state index contributed by atoms with van der Waals surface area (Å²) in [7, 11) is -3.30. The van der Waals surface area contributed by atoms with Crippen LogP contribution in [0, 0.1) is 0 Å². The molecule has 0 radical (unpaired) electrons. The molecule has 0 unspecified atom stereocenters. The lowest BCUT2D eigenvalue weighted by Crippen LogP contribution is -2.48. The van der Waals surface area contributed by atoms with Crippen molar-refractivity contribution in [3.8, 4) is 0 Å². The monoisotopic (exact) mass is 330 g/mol. The number of likely N-dealkylation sites (tertiary alicyclic amines) is 1. The molecular formula is C14H22N2O3S2. The van der Waals surface area contributed by atoms with Gasteiger partial charge in [-0.2, -0.15) is 4.31 Å². The van der Waals surface area contributed by atoms with E-state index in [-0.39, 0.29) is 12.6 Å². The third-order valence-electron chi connectivity index (χ3n) is 4.62. The van der Waals surface area contributed by atoms with Crippen LogP contribution < -0.4 is 0 Å². The van der Waals surface area contributed by atoms with Crippen LogP contribution >= 0.6 is 11.3 Å². The molecule has 2 aliphatic rings. The quantitative estimate of drug-likeness (QED) is 0.905. The fraction of sp³-hybridized carbons (Fsp3) is 0.714. The Labute approximate surface area is 130 Å². The molecule has 0 amide bonds. The number of rotatable bonds is 4. The molecule has 0 aliphatic carbocycles. The van der Waals surface area contributed by atoms with Gasteiger partial charge in [0.05, 0.1) is 6.61 Å². The molecule has 1 atom stereocenters. The van der Waals surface area contributed by atoms with E-state index in [2.05, 4.69) is 4.90 Å². The number of aliphatic hydroxyl groups is 1. The van der Waals surface area contributed by atoms with Crippen LogP contribution in [0.4, 0.5) is 0 Å². The van der Waals surface area contributed by atoms with Gasteiger partial charge in [-0.05, 0) is 43.7 Å². The number of hydrogen-bond donors (Lipinski definition) is 1. The molecule has 0 bridgehead atoms. The maximum atomic E-state index is 12.5. The van der Waals surface area contributed by atoms with Gasteiger partial charge in [-0.25, -0.2) is 8.42 Å². The molecule has 0 spiro atoms. The van der Waals surface area contributed by atoms with Crippen LogP contribution in [0.25, 0.3) is 0 Å². The highest BCUT2D eigenvalue weighted by atomic mass is 32.2. The number of aliphatic hydroxyl groups excluding tert-OH is 1. The topological polar surface area (TPSA) is 60.9 Å². The summed E-state index contributed by atoms with van der Waals surface area (Å²) in [6.45, 7) is 2.42. The summed E-state index contributed by atoms with van der Waals surface area (Å²) in [5, 5.41) is 11.2. The highest BCUT2D eigenvalue weighted by molar-refractivity contribution is 7.91. The molecule has 2 aliphatic heterocycles. The van der Waals surface area contributed by atoms with E-state index in [9.17, 15) is 13.5 Å². The summed E-state index contributed by atoms with van der Waals surface area (Å²) >= 11 is 1.28. The lowest BCUT2D eigenvalue weighted by atomic mass is 10.0. The van der Waals surface area contributed by atoms with Gasteiger partial charge in [0.1, 0.15) is 4.21 Å². The van der Waals surface area contributed by atoms with E-state index >= 15 is 0 Å². The zero-order chi connectivity index (χ0) is 14.9. The Bertz CT molecular complexity index is 551. The molecule has 2 fully saturated rings. The molecule has 21 heavy (non-hydrogen) atoms. The molecule has 7 heteroatoms. The average molecular weight is 330 g/mol. The summed E-state index contributed by atoms with van der Waals surface area (Å²) in [6, 6.07) is 4.14. The van der Waals surface area contributed by atoms with E-state index in [0.29, 0.717) is 23.3 Å². The lowest BCUT2D eigenvalue weighted by molar-refractivity contribution is 0.0899. The first kappa shape index (κ1) is 15.4. The van der Waals surface area contributed by atoms with Gasteiger partial charge < -0.3 is 5.11 Å². The Hall–Kier alpha value is -0.470. The van der Waals surface area contributed by atoms with Gasteiger partial charge in [-0.1, -0.05) is 6.07 Å². The highest BCUT2D eigenvalue weighted by Crippen LogP contribution is 2.29. The number of thiophene rings is 1. The molecule has 1 N–H and O–H groups in total. The zero-order valence-corrected chi connectivity index (χ0v) is 13.7. The SMILES string of the molecule is O=S(=O)(c1cccs1)N1CCC(N2CCC[C@H]2CO)CC1. The third kappa shape index (κ3) is 3.03. The Kier molecular flexibility index (Phi) is 4.66. The normalized spacial score (nSPS) is 26.4. The molecular weight excluding hydrogens is 308 g/mol. The van der Waals surface area contributed by atoms with Crippen molar-refractivity contribution < 1.29 is 13.5 Å². The predicted molar refractivity (Wildman–Crippen MR) is 82.9 cm³/mol. The van der Waals surface area contributed by atoms with Gasteiger partial charge in [-0.15, -0.1) is 11.3 Å². The average Bonchev–Trinajstić information content (AvgIpc) is 3.18. The van der Waals surface area contributed by atoms with Crippen LogP contribution in [-0.2, 0) is 10.0 Å².